The number of benzene rings is 2. The minimum absolute atomic E-state index is 0.0740. The lowest BCUT2D eigenvalue weighted by molar-refractivity contribution is -0.123. The fourth-order valence-electron chi connectivity index (χ4n) is 4.67. The second-order valence-electron chi connectivity index (χ2n) is 9.39. The number of sulfonamides is 1. The van der Waals surface area contributed by atoms with E-state index in [0.717, 1.165) is 21.3 Å². The van der Waals surface area contributed by atoms with Crippen LogP contribution >= 0.6 is 22.7 Å². The van der Waals surface area contributed by atoms with Gasteiger partial charge in [0.25, 0.3) is 10.0 Å². The Bertz CT molecular complexity index is 1450. The molecule has 2 aromatic carbocycles. The number of fused-ring (bicyclic) bond motifs is 1. The number of hydrogen-bond acceptors (Lipinski definition) is 6. The summed E-state index contributed by atoms with van der Waals surface area (Å²) in [4.78, 5) is 20.7. The van der Waals surface area contributed by atoms with E-state index in [2.05, 4.69) is 19.9 Å². The fraction of sp³-hybridized carbons (Fsp3) is 0.333. The average Bonchev–Trinajstić information content (AvgIpc) is 3.58. The van der Waals surface area contributed by atoms with E-state index in [4.69, 9.17) is 4.98 Å². The van der Waals surface area contributed by atoms with E-state index in [1.54, 1.807) is 22.4 Å². The summed E-state index contributed by atoms with van der Waals surface area (Å²) >= 11 is 2.73. The van der Waals surface area contributed by atoms with Gasteiger partial charge in [-0.1, -0.05) is 73.7 Å². The molecule has 0 radical (unpaired) electrons. The maximum absolute atomic E-state index is 14.0. The SMILES string of the molecule is CC(C)c1cccc2sc(N(Cc3ccccc3)C(=O)C3CCCN(S(=O)(=O)c4cccs4)C3)nc12. The summed E-state index contributed by atoms with van der Waals surface area (Å²) in [6.45, 7) is 5.30. The first-order chi connectivity index (χ1) is 17.3. The molecule has 6 nitrogen and oxygen atoms in total. The molecule has 2 aromatic heterocycles. The van der Waals surface area contributed by atoms with Crippen molar-refractivity contribution in [3.63, 3.8) is 0 Å². The van der Waals surface area contributed by atoms with Gasteiger partial charge in [0, 0.05) is 13.1 Å². The Balaban J connectivity index is 1.48. The summed E-state index contributed by atoms with van der Waals surface area (Å²) in [5, 5.41) is 2.42. The van der Waals surface area contributed by atoms with Gasteiger partial charge < -0.3 is 0 Å². The molecule has 36 heavy (non-hydrogen) atoms. The normalized spacial score (nSPS) is 17.0. The van der Waals surface area contributed by atoms with Crippen LogP contribution in [0.15, 0.2) is 70.3 Å². The minimum atomic E-state index is -3.60. The van der Waals surface area contributed by atoms with E-state index in [1.165, 1.54) is 27.0 Å². The van der Waals surface area contributed by atoms with E-state index < -0.39 is 15.9 Å². The standard InChI is InChI=1S/C27H29N3O3S3/c1-19(2)22-12-6-13-23-25(22)28-27(35-23)30(17-20-9-4-3-5-10-20)26(31)21-11-7-15-29(18-21)36(32,33)24-14-8-16-34-24/h3-6,8-10,12-14,16,19,21H,7,11,15,17-18H2,1-2H3. The maximum Gasteiger partial charge on any atom is 0.252 e. The molecular weight excluding hydrogens is 511 g/mol. The molecule has 9 heteroatoms. The van der Waals surface area contributed by atoms with Crippen molar-refractivity contribution in [1.29, 1.82) is 0 Å². The molecular formula is C27H29N3O3S3. The zero-order valence-corrected chi connectivity index (χ0v) is 22.8. The number of para-hydroxylation sites is 1. The first-order valence-corrected chi connectivity index (χ1v) is 15.3. The van der Waals surface area contributed by atoms with Crippen LogP contribution in [0, 0.1) is 5.92 Å². The van der Waals surface area contributed by atoms with Crippen LogP contribution in [-0.4, -0.2) is 36.7 Å². The Morgan fingerprint density at radius 3 is 2.64 bits per heavy atom. The van der Waals surface area contributed by atoms with Gasteiger partial charge >= 0.3 is 0 Å². The molecule has 188 valence electrons. The molecule has 1 unspecified atom stereocenters. The largest absolute Gasteiger partial charge is 0.283 e. The molecule has 3 heterocycles. The number of thiazole rings is 1. The molecule has 1 saturated heterocycles. The molecule has 1 amide bonds. The van der Waals surface area contributed by atoms with Crippen LogP contribution in [0.3, 0.4) is 0 Å². The van der Waals surface area contributed by atoms with Crippen LogP contribution in [0.5, 0.6) is 0 Å². The summed E-state index contributed by atoms with van der Waals surface area (Å²) < 4.78 is 29.2. The molecule has 0 saturated carbocycles. The van der Waals surface area contributed by atoms with Gasteiger partial charge in [-0.05, 0) is 47.4 Å². The second kappa shape index (κ2) is 10.4. The number of aromatic nitrogens is 1. The van der Waals surface area contributed by atoms with Gasteiger partial charge in [-0.3, -0.25) is 9.69 Å². The van der Waals surface area contributed by atoms with E-state index in [0.29, 0.717) is 41.2 Å². The van der Waals surface area contributed by atoms with E-state index >= 15 is 0 Å². The molecule has 4 aromatic rings. The van der Waals surface area contributed by atoms with Gasteiger partial charge in [-0.2, -0.15) is 4.31 Å². The van der Waals surface area contributed by atoms with Crippen molar-refractivity contribution in [2.75, 3.05) is 18.0 Å². The van der Waals surface area contributed by atoms with Crippen molar-refractivity contribution in [1.82, 2.24) is 9.29 Å². The number of carbonyl (C=O) groups is 1. The van der Waals surface area contributed by atoms with Gasteiger partial charge in [-0.15, -0.1) is 11.3 Å². The van der Waals surface area contributed by atoms with E-state index in [1.807, 2.05) is 42.5 Å². The Morgan fingerprint density at radius 1 is 1.11 bits per heavy atom. The van der Waals surface area contributed by atoms with Crippen molar-refractivity contribution >= 4 is 54.0 Å². The number of hydrogen-bond donors (Lipinski definition) is 0. The molecule has 0 bridgehead atoms. The third-order valence-corrected chi connectivity index (χ3v) is 10.8. The van der Waals surface area contributed by atoms with Gasteiger partial charge in [0.2, 0.25) is 5.91 Å². The highest BCUT2D eigenvalue weighted by molar-refractivity contribution is 7.91. The average molecular weight is 540 g/mol. The minimum Gasteiger partial charge on any atom is -0.283 e. The summed E-state index contributed by atoms with van der Waals surface area (Å²) in [6, 6.07) is 19.4. The lowest BCUT2D eigenvalue weighted by atomic mass is 9.98. The topological polar surface area (TPSA) is 70.6 Å². The number of nitrogens with zero attached hydrogens (tertiary/aromatic N) is 3. The van der Waals surface area contributed by atoms with Crippen LogP contribution in [0.25, 0.3) is 10.2 Å². The Hall–Kier alpha value is -2.59. The molecule has 1 atom stereocenters. The van der Waals surface area contributed by atoms with Crippen molar-refractivity contribution in [3.8, 4) is 0 Å². The van der Waals surface area contributed by atoms with Gasteiger partial charge in [0.15, 0.2) is 5.13 Å². The molecule has 5 rings (SSSR count). The lowest BCUT2D eigenvalue weighted by Gasteiger charge is -2.33. The number of carbonyl (C=O) groups excluding carboxylic acids is 1. The highest BCUT2D eigenvalue weighted by atomic mass is 32.2. The van der Waals surface area contributed by atoms with E-state index in [-0.39, 0.29) is 12.5 Å². The zero-order valence-electron chi connectivity index (χ0n) is 20.3. The first kappa shape index (κ1) is 25.1. The molecule has 1 aliphatic rings. The Kier molecular flexibility index (Phi) is 7.25. The number of piperidine rings is 1. The third-order valence-electron chi connectivity index (χ3n) is 6.56. The molecule has 1 fully saturated rings. The smallest absolute Gasteiger partial charge is 0.252 e. The number of rotatable bonds is 7. The van der Waals surface area contributed by atoms with Gasteiger partial charge in [-0.25, -0.2) is 13.4 Å². The summed E-state index contributed by atoms with van der Waals surface area (Å²) in [6.07, 6.45) is 1.31. The highest BCUT2D eigenvalue weighted by Crippen LogP contribution is 2.36. The van der Waals surface area contributed by atoms with Crippen molar-refractivity contribution < 1.29 is 13.2 Å². The predicted octanol–water partition coefficient (Wildman–Crippen LogP) is 6.12. The second-order valence-corrected chi connectivity index (χ2v) is 13.5. The monoisotopic (exact) mass is 539 g/mol. The van der Waals surface area contributed by atoms with Crippen LogP contribution < -0.4 is 4.90 Å². The summed E-state index contributed by atoms with van der Waals surface area (Å²) in [7, 11) is -3.60. The van der Waals surface area contributed by atoms with Crippen molar-refractivity contribution in [2.24, 2.45) is 5.92 Å². The number of thiophene rings is 1. The zero-order chi connectivity index (χ0) is 25.3. The van der Waals surface area contributed by atoms with Gasteiger partial charge in [0.05, 0.1) is 22.7 Å². The first-order valence-electron chi connectivity index (χ1n) is 12.1. The summed E-state index contributed by atoms with van der Waals surface area (Å²) in [5.41, 5.74) is 3.10. The fourth-order valence-corrected chi connectivity index (χ4v) is 8.34. The van der Waals surface area contributed by atoms with Crippen LogP contribution in [0.2, 0.25) is 0 Å². The number of anilines is 1. The Morgan fingerprint density at radius 2 is 1.92 bits per heavy atom. The van der Waals surface area contributed by atoms with Crippen LogP contribution in [0.1, 0.15) is 43.7 Å². The molecule has 0 spiro atoms. The Labute approximate surface area is 220 Å². The van der Waals surface area contributed by atoms with Crippen LogP contribution in [0.4, 0.5) is 5.13 Å². The van der Waals surface area contributed by atoms with E-state index in [9.17, 15) is 13.2 Å². The van der Waals surface area contributed by atoms with Crippen molar-refractivity contribution in [2.45, 2.75) is 43.4 Å². The quantitative estimate of drug-likeness (QED) is 0.284. The van der Waals surface area contributed by atoms with Crippen LogP contribution in [-0.2, 0) is 21.4 Å². The van der Waals surface area contributed by atoms with Crippen molar-refractivity contribution in [3.05, 3.63) is 77.2 Å². The molecule has 1 aliphatic heterocycles. The summed E-state index contributed by atoms with van der Waals surface area (Å²) in [5.74, 6) is -0.180. The van der Waals surface area contributed by atoms with Gasteiger partial charge in [0.1, 0.15) is 4.21 Å². The number of amides is 1. The predicted molar refractivity (Wildman–Crippen MR) is 147 cm³/mol. The third kappa shape index (κ3) is 4.98. The maximum atomic E-state index is 14.0. The molecule has 0 N–H and O–H groups in total. The molecule has 0 aliphatic carbocycles. The lowest BCUT2D eigenvalue weighted by Crippen LogP contribution is -2.46. The highest BCUT2D eigenvalue weighted by Gasteiger charge is 2.36.